The summed E-state index contributed by atoms with van der Waals surface area (Å²) in [5.41, 5.74) is 0.281. The Labute approximate surface area is 101 Å². The van der Waals surface area contributed by atoms with E-state index >= 15 is 0 Å². The van der Waals surface area contributed by atoms with Crippen molar-refractivity contribution in [2.24, 2.45) is 5.92 Å². The third-order valence-corrected chi connectivity index (χ3v) is 3.29. The minimum atomic E-state index is 0.281. The zero-order valence-electron chi connectivity index (χ0n) is 11.9. The molecule has 1 atom stereocenters. The minimum absolute atomic E-state index is 0.281. The zero-order valence-corrected chi connectivity index (χ0v) is 11.9. The molecule has 0 aliphatic carbocycles. The lowest BCUT2D eigenvalue weighted by molar-refractivity contribution is 0.0160. The zero-order chi connectivity index (χ0) is 12.3. The molecule has 96 valence electrons. The number of rotatable bonds is 4. The Balaban J connectivity index is 2.71. The Bertz CT molecular complexity index is 211. The van der Waals surface area contributed by atoms with E-state index < -0.39 is 0 Å². The molecule has 1 unspecified atom stereocenters. The number of hydrogen-bond donors (Lipinski definition) is 1. The van der Waals surface area contributed by atoms with Crippen LogP contribution >= 0.6 is 0 Å². The van der Waals surface area contributed by atoms with Gasteiger partial charge in [-0.3, -0.25) is 4.90 Å². The lowest BCUT2D eigenvalue weighted by Gasteiger charge is -2.49. The molecule has 0 aromatic rings. The molecule has 0 spiro atoms. The van der Waals surface area contributed by atoms with Crippen LogP contribution in [0.2, 0.25) is 0 Å². The third kappa shape index (κ3) is 3.72. The van der Waals surface area contributed by atoms with Crippen molar-refractivity contribution in [1.29, 1.82) is 0 Å². The average Bonchev–Trinajstić information content (AvgIpc) is 2.09. The van der Waals surface area contributed by atoms with Gasteiger partial charge in [-0.05, 0) is 33.9 Å². The predicted octanol–water partition coefficient (Wildman–Crippen LogP) is 1.26. The highest BCUT2D eigenvalue weighted by atomic mass is 15.3. The number of piperazine rings is 1. The van der Waals surface area contributed by atoms with Crippen LogP contribution in [0.5, 0.6) is 0 Å². The summed E-state index contributed by atoms with van der Waals surface area (Å²) in [7, 11) is 4.32. The van der Waals surface area contributed by atoms with E-state index in [1.54, 1.807) is 0 Å². The van der Waals surface area contributed by atoms with Gasteiger partial charge in [0, 0.05) is 37.8 Å². The Morgan fingerprint density at radius 2 is 2.00 bits per heavy atom. The van der Waals surface area contributed by atoms with Gasteiger partial charge in [0.2, 0.25) is 0 Å². The smallest absolute Gasteiger partial charge is 0.0353 e. The van der Waals surface area contributed by atoms with Crippen molar-refractivity contribution < 1.29 is 0 Å². The highest BCUT2D eigenvalue weighted by Crippen LogP contribution is 2.22. The maximum atomic E-state index is 3.57. The van der Waals surface area contributed by atoms with Crippen LogP contribution in [0.25, 0.3) is 0 Å². The van der Waals surface area contributed by atoms with Crippen molar-refractivity contribution in [3.05, 3.63) is 0 Å². The van der Waals surface area contributed by atoms with Gasteiger partial charge in [-0.2, -0.15) is 0 Å². The van der Waals surface area contributed by atoms with E-state index in [1.165, 1.54) is 6.54 Å². The molecule has 0 aromatic carbocycles. The van der Waals surface area contributed by atoms with Crippen molar-refractivity contribution in [3.63, 3.8) is 0 Å². The highest BCUT2D eigenvalue weighted by Gasteiger charge is 2.36. The fourth-order valence-corrected chi connectivity index (χ4v) is 2.62. The highest BCUT2D eigenvalue weighted by molar-refractivity contribution is 4.95. The van der Waals surface area contributed by atoms with Crippen LogP contribution < -0.4 is 5.32 Å². The fraction of sp³-hybridized carbons (Fsp3) is 1.00. The molecule has 16 heavy (non-hydrogen) atoms. The second-order valence-corrected chi connectivity index (χ2v) is 6.41. The van der Waals surface area contributed by atoms with E-state index in [1.807, 2.05) is 0 Å². The standard InChI is InChI=1S/C13H29N3/c1-11(2)8-16-12(9-15(5)6)7-14-10-13(16,3)4/h11-12,14H,7-10H2,1-6H3. The summed E-state index contributed by atoms with van der Waals surface area (Å²) < 4.78 is 0. The first-order valence-corrected chi connectivity index (χ1v) is 6.45. The van der Waals surface area contributed by atoms with Crippen LogP contribution in [0.1, 0.15) is 27.7 Å². The Morgan fingerprint density at radius 3 is 2.50 bits per heavy atom. The first-order chi connectivity index (χ1) is 7.33. The topological polar surface area (TPSA) is 18.5 Å². The summed E-state index contributed by atoms with van der Waals surface area (Å²) in [5.74, 6) is 0.738. The van der Waals surface area contributed by atoms with Gasteiger partial charge in [0.05, 0.1) is 0 Å². The fourth-order valence-electron chi connectivity index (χ4n) is 2.62. The van der Waals surface area contributed by atoms with Crippen LogP contribution in [-0.2, 0) is 0 Å². The largest absolute Gasteiger partial charge is 0.313 e. The Morgan fingerprint density at radius 1 is 1.38 bits per heavy atom. The molecule has 1 fully saturated rings. The van der Waals surface area contributed by atoms with Crippen molar-refractivity contribution >= 4 is 0 Å². The maximum absolute atomic E-state index is 3.57. The summed E-state index contributed by atoms with van der Waals surface area (Å²) in [6.45, 7) is 13.9. The minimum Gasteiger partial charge on any atom is -0.313 e. The average molecular weight is 227 g/mol. The first kappa shape index (κ1) is 13.9. The maximum Gasteiger partial charge on any atom is 0.0353 e. The van der Waals surface area contributed by atoms with E-state index in [2.05, 4.69) is 56.9 Å². The number of nitrogens with one attached hydrogen (secondary N) is 1. The molecule has 3 heteroatoms. The molecule has 1 rings (SSSR count). The molecule has 0 radical (unpaired) electrons. The van der Waals surface area contributed by atoms with Gasteiger partial charge < -0.3 is 10.2 Å². The Kier molecular flexibility index (Phi) is 4.77. The summed E-state index contributed by atoms with van der Waals surface area (Å²) in [6, 6.07) is 0.640. The van der Waals surface area contributed by atoms with E-state index in [-0.39, 0.29) is 5.54 Å². The van der Waals surface area contributed by atoms with Gasteiger partial charge in [0.1, 0.15) is 0 Å². The number of likely N-dealkylation sites (N-methyl/N-ethyl adjacent to an activating group) is 1. The van der Waals surface area contributed by atoms with Crippen LogP contribution in [-0.4, -0.2) is 61.7 Å². The van der Waals surface area contributed by atoms with Crippen LogP contribution in [0.3, 0.4) is 0 Å². The summed E-state index contributed by atoms with van der Waals surface area (Å²) >= 11 is 0. The molecule has 1 saturated heterocycles. The summed E-state index contributed by atoms with van der Waals surface area (Å²) in [4.78, 5) is 4.98. The molecule has 1 aliphatic rings. The van der Waals surface area contributed by atoms with E-state index in [0.717, 1.165) is 25.6 Å². The van der Waals surface area contributed by atoms with Gasteiger partial charge in [-0.1, -0.05) is 13.8 Å². The van der Waals surface area contributed by atoms with E-state index in [0.29, 0.717) is 6.04 Å². The van der Waals surface area contributed by atoms with Crippen LogP contribution in [0, 0.1) is 5.92 Å². The Hall–Kier alpha value is -0.120. The SMILES string of the molecule is CC(C)CN1C(CN(C)C)CNCC1(C)C. The normalized spacial score (nSPS) is 26.6. The van der Waals surface area contributed by atoms with E-state index in [4.69, 9.17) is 0 Å². The van der Waals surface area contributed by atoms with Gasteiger partial charge in [-0.15, -0.1) is 0 Å². The van der Waals surface area contributed by atoms with Gasteiger partial charge in [-0.25, -0.2) is 0 Å². The van der Waals surface area contributed by atoms with Crippen molar-refractivity contribution in [3.8, 4) is 0 Å². The summed E-state index contributed by atoms with van der Waals surface area (Å²) in [6.07, 6.45) is 0. The van der Waals surface area contributed by atoms with Crippen molar-refractivity contribution in [2.45, 2.75) is 39.3 Å². The molecule has 1 aliphatic heterocycles. The predicted molar refractivity (Wildman–Crippen MR) is 70.8 cm³/mol. The number of nitrogens with zero attached hydrogens (tertiary/aromatic N) is 2. The van der Waals surface area contributed by atoms with Gasteiger partial charge >= 0.3 is 0 Å². The second kappa shape index (κ2) is 5.48. The quantitative estimate of drug-likeness (QED) is 0.780. The first-order valence-electron chi connectivity index (χ1n) is 6.45. The second-order valence-electron chi connectivity index (χ2n) is 6.41. The van der Waals surface area contributed by atoms with Gasteiger partial charge in [0.15, 0.2) is 0 Å². The monoisotopic (exact) mass is 227 g/mol. The lowest BCUT2D eigenvalue weighted by atomic mass is 9.94. The molecular weight excluding hydrogens is 198 g/mol. The van der Waals surface area contributed by atoms with Crippen molar-refractivity contribution in [2.75, 3.05) is 40.3 Å². The van der Waals surface area contributed by atoms with Crippen LogP contribution in [0.15, 0.2) is 0 Å². The lowest BCUT2D eigenvalue weighted by Crippen LogP contribution is -2.65. The summed E-state index contributed by atoms with van der Waals surface area (Å²) in [5, 5.41) is 3.57. The number of hydrogen-bond acceptors (Lipinski definition) is 3. The van der Waals surface area contributed by atoms with Crippen LogP contribution in [0.4, 0.5) is 0 Å². The molecule has 0 bridgehead atoms. The van der Waals surface area contributed by atoms with Gasteiger partial charge in [0.25, 0.3) is 0 Å². The van der Waals surface area contributed by atoms with E-state index in [9.17, 15) is 0 Å². The molecule has 1 heterocycles. The molecular formula is C13H29N3. The molecule has 3 nitrogen and oxygen atoms in total. The molecule has 1 N–H and O–H groups in total. The van der Waals surface area contributed by atoms with Crippen molar-refractivity contribution in [1.82, 2.24) is 15.1 Å². The molecule has 0 amide bonds. The molecule has 0 aromatic heterocycles. The molecule has 0 saturated carbocycles. The third-order valence-electron chi connectivity index (χ3n) is 3.29.